The van der Waals surface area contributed by atoms with E-state index < -0.39 is 11.7 Å². The molecule has 0 unspecified atom stereocenters. The van der Waals surface area contributed by atoms with Gasteiger partial charge in [0.15, 0.2) is 0 Å². The maximum absolute atomic E-state index is 15.9. The van der Waals surface area contributed by atoms with Crippen LogP contribution in [0.25, 0.3) is 10.9 Å². The third-order valence-electron chi connectivity index (χ3n) is 6.69. The van der Waals surface area contributed by atoms with Crippen LogP contribution in [-0.4, -0.2) is 37.1 Å². The van der Waals surface area contributed by atoms with Gasteiger partial charge in [-0.05, 0) is 64.7 Å². The van der Waals surface area contributed by atoms with Crippen LogP contribution in [-0.2, 0) is 25.4 Å². The molecule has 0 aliphatic carbocycles. The molecular weight excluding hydrogens is 488 g/mol. The Morgan fingerprint density at radius 1 is 1.00 bits per heavy atom. The summed E-state index contributed by atoms with van der Waals surface area (Å²) in [4.78, 5) is 0. The molecule has 0 aliphatic rings. The SMILES string of the molecule is COc1ccc(Cn2nnnc2C(F)(F)c2ccc3c(C)nn(Cc4c(C)cccc4CC#N)c3c2)cc1. The van der Waals surface area contributed by atoms with Crippen molar-refractivity contribution in [1.29, 1.82) is 5.26 Å². The van der Waals surface area contributed by atoms with Crippen molar-refractivity contribution in [2.24, 2.45) is 0 Å². The van der Waals surface area contributed by atoms with Crippen LogP contribution in [0.1, 0.15) is 39.3 Å². The predicted octanol–water partition coefficient (Wildman–Crippen LogP) is 4.95. The van der Waals surface area contributed by atoms with Gasteiger partial charge < -0.3 is 4.74 Å². The Bertz CT molecular complexity index is 1650. The van der Waals surface area contributed by atoms with E-state index in [-0.39, 0.29) is 18.5 Å². The molecule has 0 spiro atoms. The van der Waals surface area contributed by atoms with Gasteiger partial charge in [0.1, 0.15) is 5.75 Å². The number of nitrogens with zero attached hydrogens (tertiary/aromatic N) is 7. The molecule has 0 saturated heterocycles. The second kappa shape index (κ2) is 10.0. The molecule has 2 aromatic heterocycles. The van der Waals surface area contributed by atoms with Crippen molar-refractivity contribution in [2.75, 3.05) is 7.11 Å². The third kappa shape index (κ3) is 4.59. The molecule has 5 rings (SSSR count). The van der Waals surface area contributed by atoms with E-state index in [0.29, 0.717) is 17.8 Å². The van der Waals surface area contributed by atoms with Gasteiger partial charge in [0.25, 0.3) is 0 Å². The Morgan fingerprint density at radius 2 is 1.79 bits per heavy atom. The second-order valence-corrected chi connectivity index (χ2v) is 9.11. The molecule has 10 heteroatoms. The van der Waals surface area contributed by atoms with Gasteiger partial charge in [-0.25, -0.2) is 4.68 Å². The molecule has 0 aliphatic heterocycles. The van der Waals surface area contributed by atoms with Crippen molar-refractivity contribution in [1.82, 2.24) is 30.0 Å². The van der Waals surface area contributed by atoms with Gasteiger partial charge in [-0.2, -0.15) is 19.1 Å². The summed E-state index contributed by atoms with van der Waals surface area (Å²) in [6.45, 7) is 4.26. The highest BCUT2D eigenvalue weighted by Crippen LogP contribution is 2.36. The first-order valence-electron chi connectivity index (χ1n) is 12.0. The van der Waals surface area contributed by atoms with Crippen LogP contribution < -0.4 is 4.74 Å². The second-order valence-electron chi connectivity index (χ2n) is 9.11. The Balaban J connectivity index is 1.51. The zero-order valence-electron chi connectivity index (χ0n) is 21.2. The molecule has 0 saturated carbocycles. The molecular formula is C28H25F2N7O. The molecule has 3 aromatic carbocycles. The Hall–Kier alpha value is -4.65. The van der Waals surface area contributed by atoms with E-state index in [9.17, 15) is 5.26 Å². The monoisotopic (exact) mass is 513 g/mol. The van der Waals surface area contributed by atoms with Crippen LogP contribution in [0.3, 0.4) is 0 Å². The van der Waals surface area contributed by atoms with Crippen molar-refractivity contribution in [3.8, 4) is 11.8 Å². The quantitative estimate of drug-likeness (QED) is 0.291. The van der Waals surface area contributed by atoms with Crippen molar-refractivity contribution in [3.63, 3.8) is 0 Å². The number of ether oxygens (including phenoxy) is 1. The van der Waals surface area contributed by atoms with Crippen LogP contribution in [0.15, 0.2) is 60.7 Å². The number of alkyl halides is 2. The number of aromatic nitrogens is 6. The lowest BCUT2D eigenvalue weighted by Gasteiger charge is -2.17. The zero-order valence-corrected chi connectivity index (χ0v) is 21.2. The van der Waals surface area contributed by atoms with Gasteiger partial charge >= 0.3 is 5.92 Å². The molecule has 0 N–H and O–H groups in total. The van der Waals surface area contributed by atoms with Crippen LogP contribution in [0.5, 0.6) is 5.75 Å². The number of nitriles is 1. The minimum Gasteiger partial charge on any atom is -0.497 e. The number of hydrogen-bond donors (Lipinski definition) is 0. The summed E-state index contributed by atoms with van der Waals surface area (Å²) in [6.07, 6.45) is 0.259. The molecule has 8 nitrogen and oxygen atoms in total. The summed E-state index contributed by atoms with van der Waals surface area (Å²) in [5.74, 6) is -3.34. The highest BCUT2D eigenvalue weighted by Gasteiger charge is 2.40. The Kier molecular flexibility index (Phi) is 6.59. The summed E-state index contributed by atoms with van der Waals surface area (Å²) in [7, 11) is 1.56. The van der Waals surface area contributed by atoms with Gasteiger partial charge in [-0.1, -0.05) is 42.5 Å². The Morgan fingerprint density at radius 3 is 2.53 bits per heavy atom. The average Bonchev–Trinajstić information content (AvgIpc) is 3.51. The molecule has 192 valence electrons. The van der Waals surface area contributed by atoms with Gasteiger partial charge in [0.2, 0.25) is 5.82 Å². The number of fused-ring (bicyclic) bond motifs is 1. The molecule has 38 heavy (non-hydrogen) atoms. The number of halogens is 2. The number of methoxy groups -OCH3 is 1. The van der Waals surface area contributed by atoms with Gasteiger partial charge in [-0.3, -0.25) is 4.68 Å². The van der Waals surface area contributed by atoms with E-state index in [1.54, 1.807) is 42.1 Å². The lowest BCUT2D eigenvalue weighted by Crippen LogP contribution is -2.23. The molecule has 0 fully saturated rings. The lowest BCUT2D eigenvalue weighted by molar-refractivity contribution is 0.0281. The predicted molar refractivity (Wildman–Crippen MR) is 137 cm³/mol. The summed E-state index contributed by atoms with van der Waals surface area (Å²) in [6, 6.07) is 19.6. The van der Waals surface area contributed by atoms with Gasteiger partial charge in [0, 0.05) is 10.9 Å². The van der Waals surface area contributed by atoms with E-state index in [1.807, 2.05) is 32.0 Å². The standard InChI is InChI=1S/C28H25F2N7O/c1-18-5-4-6-21(13-14-31)25(18)17-36-26-15-22(9-12-24(26)19(2)33-36)28(29,30)27-32-34-35-37(27)16-20-7-10-23(38-3)11-8-20/h4-12,15H,13,16-17H2,1-3H3. The van der Waals surface area contributed by atoms with Crippen molar-refractivity contribution >= 4 is 10.9 Å². The number of rotatable bonds is 8. The summed E-state index contributed by atoms with van der Waals surface area (Å²) in [5.41, 5.74) is 4.68. The first-order chi connectivity index (χ1) is 18.3. The first-order valence-corrected chi connectivity index (χ1v) is 12.0. The van der Waals surface area contributed by atoms with Crippen molar-refractivity contribution < 1.29 is 13.5 Å². The normalized spacial score (nSPS) is 11.6. The number of aryl methyl sites for hydroxylation is 2. The molecule has 0 radical (unpaired) electrons. The van der Waals surface area contributed by atoms with Crippen LogP contribution in [0.4, 0.5) is 8.78 Å². The highest BCUT2D eigenvalue weighted by atomic mass is 19.3. The zero-order chi connectivity index (χ0) is 26.9. The third-order valence-corrected chi connectivity index (χ3v) is 6.69. The van der Waals surface area contributed by atoms with Crippen molar-refractivity contribution in [2.45, 2.75) is 39.3 Å². The summed E-state index contributed by atoms with van der Waals surface area (Å²) < 4.78 is 39.7. The molecule has 0 amide bonds. The van der Waals surface area contributed by atoms with E-state index in [2.05, 4.69) is 26.7 Å². The number of hydrogen-bond acceptors (Lipinski definition) is 6. The molecule has 2 heterocycles. The maximum atomic E-state index is 15.9. The minimum atomic E-state index is -3.46. The van der Waals surface area contributed by atoms with Gasteiger partial charge in [0.05, 0.1) is 43.9 Å². The fraction of sp³-hybridized carbons (Fsp3) is 0.250. The minimum absolute atomic E-state index is 0.0795. The number of benzene rings is 3. The summed E-state index contributed by atoms with van der Waals surface area (Å²) >= 11 is 0. The largest absolute Gasteiger partial charge is 0.497 e. The maximum Gasteiger partial charge on any atom is 0.333 e. The lowest BCUT2D eigenvalue weighted by atomic mass is 10.00. The van der Waals surface area contributed by atoms with E-state index in [4.69, 9.17) is 4.74 Å². The van der Waals surface area contributed by atoms with E-state index in [0.717, 1.165) is 38.0 Å². The Labute approximate surface area is 218 Å². The fourth-order valence-corrected chi connectivity index (χ4v) is 4.61. The number of tetrazole rings is 1. The van der Waals surface area contributed by atoms with Crippen LogP contribution in [0.2, 0.25) is 0 Å². The molecule has 0 bridgehead atoms. The van der Waals surface area contributed by atoms with Crippen LogP contribution >= 0.6 is 0 Å². The fourth-order valence-electron chi connectivity index (χ4n) is 4.61. The summed E-state index contributed by atoms with van der Waals surface area (Å²) in [5, 5.41) is 25.7. The smallest absolute Gasteiger partial charge is 0.333 e. The highest BCUT2D eigenvalue weighted by molar-refractivity contribution is 5.83. The van der Waals surface area contributed by atoms with Gasteiger partial charge in [-0.15, -0.1) is 5.10 Å². The molecule has 0 atom stereocenters. The van der Waals surface area contributed by atoms with Crippen LogP contribution in [0, 0.1) is 25.2 Å². The van der Waals surface area contributed by atoms with E-state index in [1.165, 1.54) is 12.1 Å². The first kappa shape index (κ1) is 25.0. The average molecular weight is 514 g/mol. The van der Waals surface area contributed by atoms with Crippen molar-refractivity contribution in [3.05, 3.63) is 100.0 Å². The van der Waals surface area contributed by atoms with E-state index >= 15 is 8.78 Å². The topological polar surface area (TPSA) is 94.4 Å². The molecule has 5 aromatic rings.